The number of nitrogens with zero attached hydrogens (tertiary/aromatic N) is 1. The Morgan fingerprint density at radius 3 is 2.11 bits per heavy atom. The van der Waals surface area contributed by atoms with Crippen molar-refractivity contribution in [3.8, 4) is 0 Å². The zero-order chi connectivity index (χ0) is 26.1. The minimum absolute atomic E-state index is 0.0457. The van der Waals surface area contributed by atoms with Crippen LogP contribution in [-0.2, 0) is 17.5 Å². The van der Waals surface area contributed by atoms with Gasteiger partial charge in [0.05, 0.1) is 22.1 Å². The van der Waals surface area contributed by atoms with Crippen molar-refractivity contribution in [2.45, 2.75) is 69.6 Å². The van der Waals surface area contributed by atoms with Gasteiger partial charge in [0, 0.05) is 23.7 Å². The van der Waals surface area contributed by atoms with Crippen LogP contribution < -0.4 is 5.32 Å². The number of hydrogen-bond acceptors (Lipinski definition) is 2. The summed E-state index contributed by atoms with van der Waals surface area (Å²) in [5.74, 6) is -0.833. The summed E-state index contributed by atoms with van der Waals surface area (Å²) in [5, 5.41) is 14.0. The van der Waals surface area contributed by atoms with Crippen molar-refractivity contribution in [2.75, 3.05) is 0 Å². The fourth-order valence-corrected chi connectivity index (χ4v) is 6.99. The van der Waals surface area contributed by atoms with Gasteiger partial charge in [-0.25, -0.2) is 0 Å². The number of hydrogen-bond donors (Lipinski definition) is 2. The number of rotatable bonds is 6. The zero-order valence-corrected chi connectivity index (χ0v) is 20.4. The number of aliphatic carboxylic acids is 1. The number of fused-ring (bicyclic) bond motifs is 4. The van der Waals surface area contributed by atoms with Gasteiger partial charge >= 0.3 is 12.1 Å². The van der Waals surface area contributed by atoms with Crippen LogP contribution in [0, 0.1) is 10.8 Å². The summed E-state index contributed by atoms with van der Waals surface area (Å²) in [7, 11) is 0. The lowest BCUT2D eigenvalue weighted by Crippen LogP contribution is -2.57. The number of para-hydroxylation sites is 1. The minimum Gasteiger partial charge on any atom is -0.481 e. The molecule has 2 bridgehead atoms. The van der Waals surface area contributed by atoms with Crippen molar-refractivity contribution in [3.63, 3.8) is 0 Å². The van der Waals surface area contributed by atoms with Gasteiger partial charge in [-0.1, -0.05) is 24.3 Å². The first-order valence-corrected chi connectivity index (χ1v) is 12.9. The summed E-state index contributed by atoms with van der Waals surface area (Å²) >= 11 is 0. The largest absolute Gasteiger partial charge is 0.481 e. The predicted octanol–water partition coefficient (Wildman–Crippen LogP) is 6.40. The molecule has 1 heterocycles. The number of halogens is 3. The van der Waals surface area contributed by atoms with E-state index in [0.717, 1.165) is 55.1 Å². The molecular weight excluding hydrogens is 481 g/mol. The summed E-state index contributed by atoms with van der Waals surface area (Å²) in [5.41, 5.74) is 0.400. The molecule has 4 aliphatic rings. The second kappa shape index (κ2) is 8.10. The van der Waals surface area contributed by atoms with E-state index in [0.29, 0.717) is 36.9 Å². The lowest BCUT2D eigenvalue weighted by atomic mass is 9.50. The first kappa shape index (κ1) is 24.1. The maximum absolute atomic E-state index is 13.7. The quantitative estimate of drug-likeness (QED) is 0.403. The maximum atomic E-state index is 13.7. The third kappa shape index (κ3) is 3.83. The number of alkyl halides is 3. The second-order valence-corrected chi connectivity index (χ2v) is 11.3. The average Bonchev–Trinajstić information content (AvgIpc) is 3.57. The van der Waals surface area contributed by atoms with Crippen LogP contribution in [0.25, 0.3) is 10.9 Å². The summed E-state index contributed by atoms with van der Waals surface area (Å²) < 4.78 is 40.8. The van der Waals surface area contributed by atoms with Crippen molar-refractivity contribution in [1.29, 1.82) is 0 Å². The Hall–Kier alpha value is -3.29. The lowest BCUT2D eigenvalue weighted by Gasteiger charge is -2.55. The number of carbonyl (C=O) groups is 2. The van der Waals surface area contributed by atoms with Crippen LogP contribution in [0.5, 0.6) is 0 Å². The minimum atomic E-state index is -4.38. The summed E-state index contributed by atoms with van der Waals surface area (Å²) in [6.45, 7) is 0.346. The van der Waals surface area contributed by atoms with Crippen molar-refractivity contribution in [1.82, 2.24) is 9.88 Å². The molecule has 4 aliphatic carbocycles. The second-order valence-electron chi connectivity index (χ2n) is 11.3. The molecule has 0 unspecified atom stereocenters. The Balaban J connectivity index is 1.25. The Morgan fingerprint density at radius 1 is 0.892 bits per heavy atom. The number of carbonyl (C=O) groups excluding carboxylic acids is 1. The molecule has 1 amide bonds. The third-order valence-electron chi connectivity index (χ3n) is 9.49. The molecular formula is C29H29F3N2O3. The molecule has 3 aromatic rings. The number of amides is 1. The molecule has 1 aromatic heterocycles. The molecule has 0 saturated heterocycles. The molecule has 194 valence electrons. The molecule has 0 aliphatic heterocycles. The number of benzene rings is 2. The van der Waals surface area contributed by atoms with Crippen LogP contribution in [0.4, 0.5) is 13.2 Å². The standard InChI is InChI=1S/C29H29F3N2O3/c30-29(31,32)21-6-4-19(5-7-21)18-34-17-8-20-2-1-3-22(23(20)34)24(35)33-28(15-16-28)27-12-9-26(10-13-27,11-14-27)25(36)37/h1-8,17H,9-16,18H2,(H,33,35)(H,36,37). The highest BCUT2D eigenvalue weighted by Gasteiger charge is 2.65. The normalized spacial score (nSPS) is 26.2. The topological polar surface area (TPSA) is 71.3 Å². The fourth-order valence-electron chi connectivity index (χ4n) is 6.99. The van der Waals surface area contributed by atoms with Crippen LogP contribution >= 0.6 is 0 Å². The van der Waals surface area contributed by atoms with Crippen LogP contribution in [-0.4, -0.2) is 27.1 Å². The monoisotopic (exact) mass is 510 g/mol. The van der Waals surface area contributed by atoms with Gasteiger partial charge in [0.1, 0.15) is 0 Å². The first-order valence-electron chi connectivity index (χ1n) is 12.9. The number of carboxylic acids is 1. The smallest absolute Gasteiger partial charge is 0.416 e. The Bertz CT molecular complexity index is 1360. The number of carboxylic acid groups (broad SMARTS) is 1. The van der Waals surface area contributed by atoms with E-state index in [1.807, 2.05) is 29.0 Å². The van der Waals surface area contributed by atoms with E-state index in [2.05, 4.69) is 5.32 Å². The van der Waals surface area contributed by atoms with Gasteiger partial charge in [-0.15, -0.1) is 0 Å². The highest BCUT2D eigenvalue weighted by molar-refractivity contribution is 6.06. The molecule has 2 N–H and O–H groups in total. The van der Waals surface area contributed by atoms with Gasteiger partial charge in [-0.3, -0.25) is 9.59 Å². The Kier molecular flexibility index (Phi) is 5.27. The number of nitrogens with one attached hydrogen (secondary N) is 1. The van der Waals surface area contributed by atoms with E-state index in [4.69, 9.17) is 0 Å². The van der Waals surface area contributed by atoms with Crippen molar-refractivity contribution in [3.05, 3.63) is 71.4 Å². The van der Waals surface area contributed by atoms with Gasteiger partial charge in [0.2, 0.25) is 0 Å². The first-order chi connectivity index (χ1) is 17.6. The maximum Gasteiger partial charge on any atom is 0.416 e. The van der Waals surface area contributed by atoms with Crippen LogP contribution in [0.2, 0.25) is 0 Å². The zero-order valence-electron chi connectivity index (χ0n) is 20.4. The Morgan fingerprint density at radius 2 is 1.54 bits per heavy atom. The van der Waals surface area contributed by atoms with Gasteiger partial charge in [-0.2, -0.15) is 13.2 Å². The molecule has 4 saturated carbocycles. The summed E-state index contributed by atoms with van der Waals surface area (Å²) in [6, 6.07) is 12.6. The molecule has 5 nitrogen and oxygen atoms in total. The van der Waals surface area contributed by atoms with Crippen LogP contribution in [0.1, 0.15) is 72.9 Å². The molecule has 8 heteroatoms. The average molecular weight is 511 g/mol. The number of aromatic nitrogens is 1. The van der Waals surface area contributed by atoms with Gasteiger partial charge < -0.3 is 15.0 Å². The van der Waals surface area contributed by atoms with E-state index in [1.165, 1.54) is 12.1 Å². The fraction of sp³-hybridized carbons (Fsp3) is 0.448. The molecule has 7 rings (SSSR count). The highest BCUT2D eigenvalue weighted by atomic mass is 19.4. The molecule has 0 radical (unpaired) electrons. The van der Waals surface area contributed by atoms with E-state index < -0.39 is 23.1 Å². The highest BCUT2D eigenvalue weighted by Crippen LogP contribution is 2.66. The molecule has 0 spiro atoms. The van der Waals surface area contributed by atoms with Gasteiger partial charge in [0.25, 0.3) is 5.91 Å². The molecule has 0 atom stereocenters. The third-order valence-corrected chi connectivity index (χ3v) is 9.49. The van der Waals surface area contributed by atoms with E-state index in [9.17, 15) is 27.9 Å². The molecule has 4 fully saturated rings. The van der Waals surface area contributed by atoms with Gasteiger partial charge in [0.15, 0.2) is 0 Å². The van der Waals surface area contributed by atoms with Crippen molar-refractivity contribution in [2.24, 2.45) is 10.8 Å². The summed E-state index contributed by atoms with van der Waals surface area (Å²) in [4.78, 5) is 25.6. The van der Waals surface area contributed by atoms with Crippen molar-refractivity contribution < 1.29 is 27.9 Å². The van der Waals surface area contributed by atoms with E-state index in [1.54, 1.807) is 6.07 Å². The summed E-state index contributed by atoms with van der Waals surface area (Å²) in [6.07, 6.45) is 3.79. The van der Waals surface area contributed by atoms with Crippen LogP contribution in [0.15, 0.2) is 54.7 Å². The molecule has 2 aromatic carbocycles. The SMILES string of the molecule is O=C(NC1(C23CCC(C(=O)O)(CC2)CC3)CC1)c1cccc2ccn(Cc3ccc(C(F)(F)F)cc3)c12. The lowest BCUT2D eigenvalue weighted by molar-refractivity contribution is -0.160. The Labute approximate surface area is 212 Å². The van der Waals surface area contributed by atoms with E-state index in [-0.39, 0.29) is 16.9 Å². The van der Waals surface area contributed by atoms with Crippen LogP contribution in [0.3, 0.4) is 0 Å². The van der Waals surface area contributed by atoms with Crippen molar-refractivity contribution >= 4 is 22.8 Å². The predicted molar refractivity (Wildman–Crippen MR) is 132 cm³/mol. The van der Waals surface area contributed by atoms with E-state index >= 15 is 0 Å². The molecule has 37 heavy (non-hydrogen) atoms. The van der Waals surface area contributed by atoms with Gasteiger partial charge in [-0.05, 0) is 86.6 Å².